The Kier molecular flexibility index (Phi) is 7.67. The Bertz CT molecular complexity index is 1550. The highest BCUT2D eigenvalue weighted by molar-refractivity contribution is 7.89. The molecular formula is C28H28N2O5S. The maximum Gasteiger partial charge on any atom is 0.252 e. The molecule has 0 radical (unpaired) electrons. The van der Waals surface area contributed by atoms with Gasteiger partial charge in [0.05, 0.1) is 11.5 Å². The standard InChI is InChI=1S/C28H28N2O5S/c1-3-35-25-12-13-27-23(17-25)16-24(28(32)29-27)19-30(15-14-21-8-5-4-6-9-21)36(33,34)26-11-7-10-22(18-26)20(2)31/h4-13,16-18H,3,14-15,19H2,1-2H3,(H,29,32). The van der Waals surface area contributed by atoms with Crippen molar-refractivity contribution in [1.82, 2.24) is 9.29 Å². The van der Waals surface area contributed by atoms with Crippen molar-refractivity contribution in [1.29, 1.82) is 0 Å². The Morgan fingerprint density at radius 3 is 2.47 bits per heavy atom. The van der Waals surface area contributed by atoms with Gasteiger partial charge in [-0.15, -0.1) is 0 Å². The lowest BCUT2D eigenvalue weighted by Crippen LogP contribution is -2.34. The predicted molar refractivity (Wildman–Crippen MR) is 140 cm³/mol. The first-order valence-corrected chi connectivity index (χ1v) is 13.2. The number of ketones is 1. The largest absolute Gasteiger partial charge is 0.494 e. The lowest BCUT2D eigenvalue weighted by molar-refractivity contribution is 0.101. The number of sulfonamides is 1. The van der Waals surface area contributed by atoms with Gasteiger partial charge in [0.1, 0.15) is 5.75 Å². The number of nitrogens with one attached hydrogen (secondary N) is 1. The van der Waals surface area contributed by atoms with Crippen LogP contribution in [0.3, 0.4) is 0 Å². The van der Waals surface area contributed by atoms with Gasteiger partial charge in [-0.3, -0.25) is 9.59 Å². The number of fused-ring (bicyclic) bond motifs is 1. The molecular weight excluding hydrogens is 476 g/mol. The molecule has 0 saturated heterocycles. The van der Waals surface area contributed by atoms with Gasteiger partial charge in [-0.2, -0.15) is 4.31 Å². The normalized spacial score (nSPS) is 11.6. The van der Waals surface area contributed by atoms with E-state index in [9.17, 15) is 18.0 Å². The molecule has 1 N–H and O–H groups in total. The fraction of sp³-hybridized carbons (Fsp3) is 0.214. The second-order valence-corrected chi connectivity index (χ2v) is 10.4. The van der Waals surface area contributed by atoms with E-state index in [-0.39, 0.29) is 29.3 Å². The fourth-order valence-electron chi connectivity index (χ4n) is 4.00. The van der Waals surface area contributed by atoms with Crippen LogP contribution in [0.1, 0.15) is 35.3 Å². The van der Waals surface area contributed by atoms with Crippen LogP contribution < -0.4 is 10.3 Å². The number of nitrogens with zero attached hydrogens (tertiary/aromatic N) is 1. The fourth-order valence-corrected chi connectivity index (χ4v) is 5.47. The van der Waals surface area contributed by atoms with E-state index in [1.807, 2.05) is 43.3 Å². The van der Waals surface area contributed by atoms with Crippen LogP contribution in [0.5, 0.6) is 5.75 Å². The minimum atomic E-state index is -4.01. The molecule has 1 aromatic heterocycles. The van der Waals surface area contributed by atoms with E-state index < -0.39 is 10.0 Å². The minimum absolute atomic E-state index is 0.0131. The van der Waals surface area contributed by atoms with Gasteiger partial charge in [0.2, 0.25) is 10.0 Å². The quantitative estimate of drug-likeness (QED) is 0.319. The first-order chi connectivity index (χ1) is 17.3. The number of ether oxygens (including phenoxy) is 1. The third-order valence-electron chi connectivity index (χ3n) is 5.92. The molecule has 0 saturated carbocycles. The molecule has 36 heavy (non-hydrogen) atoms. The number of benzene rings is 3. The molecule has 0 unspecified atom stereocenters. The van der Waals surface area contributed by atoms with Crippen molar-refractivity contribution < 1.29 is 17.9 Å². The Balaban J connectivity index is 1.73. The van der Waals surface area contributed by atoms with Crippen molar-refractivity contribution in [3.63, 3.8) is 0 Å². The van der Waals surface area contributed by atoms with Crippen molar-refractivity contribution in [3.8, 4) is 5.75 Å². The summed E-state index contributed by atoms with van der Waals surface area (Å²) in [6.07, 6.45) is 0.465. The molecule has 3 aromatic carbocycles. The number of carbonyl (C=O) groups is 1. The average Bonchev–Trinajstić information content (AvgIpc) is 2.87. The number of aromatic amines is 1. The number of rotatable bonds is 10. The molecule has 186 valence electrons. The number of aromatic nitrogens is 1. The molecule has 7 nitrogen and oxygen atoms in total. The van der Waals surface area contributed by atoms with Gasteiger partial charge in [0, 0.05) is 35.1 Å². The lowest BCUT2D eigenvalue weighted by Gasteiger charge is -2.22. The Hall–Kier alpha value is -3.75. The van der Waals surface area contributed by atoms with Gasteiger partial charge < -0.3 is 9.72 Å². The summed E-state index contributed by atoms with van der Waals surface area (Å²) in [6, 6.07) is 22.6. The van der Waals surface area contributed by atoms with Crippen LogP contribution in [0, 0.1) is 0 Å². The monoisotopic (exact) mass is 504 g/mol. The topological polar surface area (TPSA) is 96.5 Å². The molecule has 0 spiro atoms. The maximum absolute atomic E-state index is 13.7. The average molecular weight is 505 g/mol. The number of pyridine rings is 1. The number of Topliss-reactive ketones (excluding diaryl/α,β-unsaturated/α-hetero) is 1. The predicted octanol–water partition coefficient (Wildman–Crippen LogP) is 4.56. The molecule has 0 aliphatic carbocycles. The maximum atomic E-state index is 13.7. The number of hydrogen-bond acceptors (Lipinski definition) is 5. The van der Waals surface area contributed by atoms with Gasteiger partial charge in [-0.05, 0) is 62.2 Å². The Labute approximate surface area is 210 Å². The second-order valence-electron chi connectivity index (χ2n) is 8.46. The van der Waals surface area contributed by atoms with Crippen LogP contribution in [-0.2, 0) is 23.0 Å². The zero-order chi connectivity index (χ0) is 25.7. The number of hydrogen-bond donors (Lipinski definition) is 1. The molecule has 1 heterocycles. The molecule has 0 bridgehead atoms. The Morgan fingerprint density at radius 2 is 1.75 bits per heavy atom. The highest BCUT2D eigenvalue weighted by Crippen LogP contribution is 2.23. The van der Waals surface area contributed by atoms with E-state index in [4.69, 9.17) is 4.74 Å². The molecule has 4 rings (SSSR count). The molecule has 0 fully saturated rings. The Morgan fingerprint density at radius 1 is 0.972 bits per heavy atom. The van der Waals surface area contributed by atoms with E-state index in [2.05, 4.69) is 4.98 Å². The van der Waals surface area contributed by atoms with Crippen molar-refractivity contribution >= 4 is 26.7 Å². The number of carbonyl (C=O) groups excluding carboxylic acids is 1. The van der Waals surface area contributed by atoms with Gasteiger partial charge in [-0.1, -0.05) is 42.5 Å². The molecule has 0 aliphatic heterocycles. The molecule has 8 heteroatoms. The summed E-state index contributed by atoms with van der Waals surface area (Å²) in [5, 5.41) is 0.745. The first-order valence-electron chi connectivity index (χ1n) is 11.7. The van der Waals surface area contributed by atoms with Crippen LogP contribution in [0.2, 0.25) is 0 Å². The van der Waals surface area contributed by atoms with E-state index in [1.165, 1.54) is 23.4 Å². The molecule has 0 atom stereocenters. The summed E-state index contributed by atoms with van der Waals surface area (Å²) >= 11 is 0. The zero-order valence-corrected chi connectivity index (χ0v) is 21.0. The zero-order valence-electron chi connectivity index (χ0n) is 20.2. The third kappa shape index (κ3) is 5.72. The van der Waals surface area contributed by atoms with Crippen molar-refractivity contribution in [3.05, 3.63) is 106 Å². The van der Waals surface area contributed by atoms with E-state index >= 15 is 0 Å². The molecule has 4 aromatic rings. The van der Waals surface area contributed by atoms with Crippen LogP contribution in [0.4, 0.5) is 0 Å². The van der Waals surface area contributed by atoms with Crippen molar-refractivity contribution in [2.75, 3.05) is 13.2 Å². The molecule has 0 amide bonds. The van der Waals surface area contributed by atoms with Crippen molar-refractivity contribution in [2.24, 2.45) is 0 Å². The van der Waals surface area contributed by atoms with E-state index in [1.54, 1.807) is 30.3 Å². The highest BCUT2D eigenvalue weighted by atomic mass is 32.2. The molecule has 0 aliphatic rings. The summed E-state index contributed by atoms with van der Waals surface area (Å²) in [4.78, 5) is 27.6. The number of H-pyrrole nitrogens is 1. The summed E-state index contributed by atoms with van der Waals surface area (Å²) < 4.78 is 34.3. The van der Waals surface area contributed by atoms with Gasteiger partial charge in [0.25, 0.3) is 5.56 Å². The smallest absolute Gasteiger partial charge is 0.252 e. The van der Waals surface area contributed by atoms with Crippen LogP contribution in [-0.4, -0.2) is 36.6 Å². The summed E-state index contributed by atoms with van der Waals surface area (Å²) in [5.74, 6) is 0.441. The van der Waals surface area contributed by atoms with Gasteiger partial charge in [-0.25, -0.2) is 8.42 Å². The summed E-state index contributed by atoms with van der Waals surface area (Å²) in [6.45, 7) is 3.83. The summed E-state index contributed by atoms with van der Waals surface area (Å²) in [7, 11) is -4.01. The van der Waals surface area contributed by atoms with Crippen LogP contribution in [0.25, 0.3) is 10.9 Å². The SMILES string of the molecule is CCOc1ccc2[nH]c(=O)c(CN(CCc3ccccc3)S(=O)(=O)c3cccc(C(C)=O)c3)cc2c1. The summed E-state index contributed by atoms with van der Waals surface area (Å²) in [5.41, 5.74) is 1.88. The lowest BCUT2D eigenvalue weighted by atomic mass is 10.1. The minimum Gasteiger partial charge on any atom is -0.494 e. The van der Waals surface area contributed by atoms with Crippen molar-refractivity contribution in [2.45, 2.75) is 31.7 Å². The van der Waals surface area contributed by atoms with Crippen LogP contribution in [0.15, 0.2) is 88.6 Å². The second kappa shape index (κ2) is 10.9. The third-order valence-corrected chi connectivity index (χ3v) is 7.76. The van der Waals surface area contributed by atoms with Gasteiger partial charge in [0.15, 0.2) is 5.78 Å². The van der Waals surface area contributed by atoms with Gasteiger partial charge >= 0.3 is 0 Å². The highest BCUT2D eigenvalue weighted by Gasteiger charge is 2.26. The van der Waals surface area contributed by atoms with Crippen LogP contribution >= 0.6 is 0 Å². The van der Waals surface area contributed by atoms with E-state index in [0.29, 0.717) is 35.4 Å². The van der Waals surface area contributed by atoms with E-state index in [0.717, 1.165) is 10.9 Å². The first kappa shape index (κ1) is 25.3.